The Morgan fingerprint density at radius 3 is 2.93 bits per heavy atom. The lowest BCUT2D eigenvalue weighted by Crippen LogP contribution is -2.01. The van der Waals surface area contributed by atoms with Crippen LogP contribution in [0, 0.1) is 0 Å². The SMILES string of the molecule is CC(CCO)Sc1ncccc1CO. The number of rotatable bonds is 5. The fraction of sp³-hybridized carbons (Fsp3) is 0.500. The van der Waals surface area contributed by atoms with Crippen molar-refractivity contribution in [2.24, 2.45) is 0 Å². The summed E-state index contributed by atoms with van der Waals surface area (Å²) in [6.07, 6.45) is 2.46. The van der Waals surface area contributed by atoms with Gasteiger partial charge in [0.2, 0.25) is 0 Å². The molecule has 0 aliphatic heterocycles. The van der Waals surface area contributed by atoms with Crippen LogP contribution in [-0.2, 0) is 6.61 Å². The molecule has 0 fully saturated rings. The monoisotopic (exact) mass is 213 g/mol. The number of hydrogen-bond acceptors (Lipinski definition) is 4. The summed E-state index contributed by atoms with van der Waals surface area (Å²) in [6.45, 7) is 2.24. The highest BCUT2D eigenvalue weighted by atomic mass is 32.2. The van der Waals surface area contributed by atoms with Crippen molar-refractivity contribution in [2.45, 2.75) is 30.2 Å². The van der Waals surface area contributed by atoms with Gasteiger partial charge in [0.1, 0.15) is 5.03 Å². The van der Waals surface area contributed by atoms with E-state index in [-0.39, 0.29) is 13.2 Å². The van der Waals surface area contributed by atoms with E-state index in [1.807, 2.05) is 19.1 Å². The third kappa shape index (κ3) is 3.29. The normalized spacial score (nSPS) is 12.8. The molecule has 0 spiro atoms. The largest absolute Gasteiger partial charge is 0.396 e. The van der Waals surface area contributed by atoms with Crippen molar-refractivity contribution in [3.8, 4) is 0 Å². The van der Waals surface area contributed by atoms with E-state index in [9.17, 15) is 0 Å². The number of aliphatic hydroxyl groups excluding tert-OH is 2. The summed E-state index contributed by atoms with van der Waals surface area (Å²) in [7, 11) is 0. The molecule has 4 heteroatoms. The number of aromatic nitrogens is 1. The smallest absolute Gasteiger partial charge is 0.102 e. The lowest BCUT2D eigenvalue weighted by molar-refractivity contribution is 0.278. The van der Waals surface area contributed by atoms with E-state index in [4.69, 9.17) is 10.2 Å². The zero-order valence-electron chi connectivity index (χ0n) is 8.18. The molecule has 0 saturated heterocycles. The quantitative estimate of drug-likeness (QED) is 0.727. The van der Waals surface area contributed by atoms with Crippen LogP contribution in [0.25, 0.3) is 0 Å². The summed E-state index contributed by atoms with van der Waals surface area (Å²) in [5, 5.41) is 19.0. The molecule has 3 nitrogen and oxygen atoms in total. The highest BCUT2D eigenvalue weighted by molar-refractivity contribution is 7.99. The van der Waals surface area contributed by atoms with Crippen molar-refractivity contribution in [3.63, 3.8) is 0 Å². The maximum absolute atomic E-state index is 9.06. The van der Waals surface area contributed by atoms with Crippen LogP contribution in [0.3, 0.4) is 0 Å². The second-order valence-corrected chi connectivity index (χ2v) is 4.49. The van der Waals surface area contributed by atoms with Gasteiger partial charge in [-0.15, -0.1) is 11.8 Å². The van der Waals surface area contributed by atoms with Gasteiger partial charge >= 0.3 is 0 Å². The average molecular weight is 213 g/mol. The van der Waals surface area contributed by atoms with E-state index in [0.717, 1.165) is 17.0 Å². The van der Waals surface area contributed by atoms with Crippen LogP contribution in [0.15, 0.2) is 23.4 Å². The lowest BCUT2D eigenvalue weighted by atomic mass is 10.3. The fourth-order valence-electron chi connectivity index (χ4n) is 1.08. The van der Waals surface area contributed by atoms with Gasteiger partial charge in [-0.05, 0) is 12.5 Å². The van der Waals surface area contributed by atoms with Crippen LogP contribution < -0.4 is 0 Å². The molecular weight excluding hydrogens is 198 g/mol. The number of thioether (sulfide) groups is 1. The first-order chi connectivity index (χ1) is 6.77. The van der Waals surface area contributed by atoms with Crippen molar-refractivity contribution in [2.75, 3.05) is 6.61 Å². The van der Waals surface area contributed by atoms with E-state index >= 15 is 0 Å². The molecule has 0 aliphatic rings. The van der Waals surface area contributed by atoms with Gasteiger partial charge in [-0.3, -0.25) is 0 Å². The molecule has 0 bridgehead atoms. The second-order valence-electron chi connectivity index (χ2n) is 3.07. The summed E-state index contributed by atoms with van der Waals surface area (Å²) >= 11 is 1.59. The van der Waals surface area contributed by atoms with Gasteiger partial charge in [0, 0.05) is 23.6 Å². The minimum absolute atomic E-state index is 0.0159. The number of pyridine rings is 1. The van der Waals surface area contributed by atoms with Crippen LogP contribution in [0.1, 0.15) is 18.9 Å². The number of nitrogens with zero attached hydrogens (tertiary/aromatic N) is 1. The first-order valence-electron chi connectivity index (χ1n) is 4.60. The third-order valence-corrected chi connectivity index (χ3v) is 3.10. The highest BCUT2D eigenvalue weighted by Gasteiger charge is 2.08. The van der Waals surface area contributed by atoms with Gasteiger partial charge in [0.25, 0.3) is 0 Å². The van der Waals surface area contributed by atoms with E-state index in [1.54, 1.807) is 18.0 Å². The van der Waals surface area contributed by atoms with Gasteiger partial charge in [-0.2, -0.15) is 0 Å². The molecule has 0 radical (unpaired) electrons. The minimum atomic E-state index is 0.0159. The topological polar surface area (TPSA) is 53.4 Å². The summed E-state index contributed by atoms with van der Waals surface area (Å²) in [5.41, 5.74) is 0.849. The standard InChI is InChI=1S/C10H15NO2S/c1-8(4-6-12)14-10-9(7-13)3-2-5-11-10/h2-3,5,8,12-13H,4,6-7H2,1H3. The molecule has 78 valence electrons. The molecule has 1 unspecified atom stereocenters. The van der Waals surface area contributed by atoms with Crippen LogP contribution in [-0.4, -0.2) is 27.1 Å². The molecule has 1 rings (SSSR count). The van der Waals surface area contributed by atoms with Crippen molar-refractivity contribution in [1.29, 1.82) is 0 Å². The highest BCUT2D eigenvalue weighted by Crippen LogP contribution is 2.25. The van der Waals surface area contributed by atoms with Gasteiger partial charge in [-0.1, -0.05) is 13.0 Å². The van der Waals surface area contributed by atoms with Crippen LogP contribution in [0.5, 0.6) is 0 Å². The first kappa shape index (κ1) is 11.5. The summed E-state index contributed by atoms with van der Waals surface area (Å²) in [6, 6.07) is 3.67. The van der Waals surface area contributed by atoms with E-state index in [0.29, 0.717) is 5.25 Å². The summed E-state index contributed by atoms with van der Waals surface area (Å²) in [5.74, 6) is 0. The summed E-state index contributed by atoms with van der Waals surface area (Å²) < 4.78 is 0. The average Bonchev–Trinajstić information content (AvgIpc) is 2.19. The van der Waals surface area contributed by atoms with Gasteiger partial charge in [0.05, 0.1) is 6.61 Å². The Morgan fingerprint density at radius 1 is 1.50 bits per heavy atom. The third-order valence-electron chi connectivity index (χ3n) is 1.87. The van der Waals surface area contributed by atoms with E-state index in [2.05, 4.69) is 4.98 Å². The lowest BCUT2D eigenvalue weighted by Gasteiger charge is -2.10. The predicted octanol–water partition coefficient (Wildman–Crippen LogP) is 1.44. The second kappa shape index (κ2) is 6.01. The van der Waals surface area contributed by atoms with Crippen molar-refractivity contribution in [3.05, 3.63) is 23.9 Å². The predicted molar refractivity (Wildman–Crippen MR) is 57.2 cm³/mol. The molecule has 14 heavy (non-hydrogen) atoms. The zero-order valence-corrected chi connectivity index (χ0v) is 9.00. The Kier molecular flexibility index (Phi) is 4.93. The van der Waals surface area contributed by atoms with Crippen LogP contribution in [0.4, 0.5) is 0 Å². The molecule has 0 aromatic carbocycles. The van der Waals surface area contributed by atoms with Crippen molar-refractivity contribution < 1.29 is 10.2 Å². The Hall–Kier alpha value is -0.580. The van der Waals surface area contributed by atoms with Crippen molar-refractivity contribution in [1.82, 2.24) is 4.98 Å². The molecule has 1 aromatic rings. The summed E-state index contributed by atoms with van der Waals surface area (Å²) in [4.78, 5) is 4.19. The van der Waals surface area contributed by atoms with Crippen molar-refractivity contribution >= 4 is 11.8 Å². The Morgan fingerprint density at radius 2 is 2.29 bits per heavy atom. The molecule has 0 amide bonds. The van der Waals surface area contributed by atoms with Crippen LogP contribution >= 0.6 is 11.8 Å². The van der Waals surface area contributed by atoms with Gasteiger partial charge in [0.15, 0.2) is 0 Å². The molecule has 1 aromatic heterocycles. The van der Waals surface area contributed by atoms with E-state index < -0.39 is 0 Å². The molecule has 2 N–H and O–H groups in total. The molecule has 0 aliphatic carbocycles. The molecule has 0 saturated carbocycles. The van der Waals surface area contributed by atoms with Gasteiger partial charge < -0.3 is 10.2 Å². The number of aliphatic hydroxyl groups is 2. The van der Waals surface area contributed by atoms with Gasteiger partial charge in [-0.25, -0.2) is 4.98 Å². The van der Waals surface area contributed by atoms with Crippen LogP contribution in [0.2, 0.25) is 0 Å². The van der Waals surface area contributed by atoms with E-state index in [1.165, 1.54) is 0 Å². The maximum Gasteiger partial charge on any atom is 0.102 e. The molecule has 1 heterocycles. The Bertz CT molecular complexity index is 281. The first-order valence-corrected chi connectivity index (χ1v) is 5.48. The Balaban J connectivity index is 2.65. The maximum atomic E-state index is 9.06. The fourth-order valence-corrected chi connectivity index (χ4v) is 2.09. The number of hydrogen-bond donors (Lipinski definition) is 2. The zero-order chi connectivity index (χ0) is 10.4. The molecule has 1 atom stereocenters. The molecular formula is C10H15NO2S. The Labute approximate surface area is 88.2 Å². The minimum Gasteiger partial charge on any atom is -0.396 e.